The monoisotopic (exact) mass is 332 g/mol. The van der Waals surface area contributed by atoms with Gasteiger partial charge in [0, 0.05) is 25.8 Å². The van der Waals surface area contributed by atoms with E-state index in [1.165, 1.54) is 6.92 Å². The van der Waals surface area contributed by atoms with Crippen molar-refractivity contribution in [1.29, 1.82) is 0 Å². The molecule has 2 amide bonds. The molecule has 4 rings (SSSR count). The lowest BCUT2D eigenvalue weighted by Gasteiger charge is -2.36. The highest BCUT2D eigenvalue weighted by Crippen LogP contribution is 2.31. The molecule has 2 aromatic rings. The van der Waals surface area contributed by atoms with Crippen molar-refractivity contribution >= 4 is 34.8 Å². The van der Waals surface area contributed by atoms with Crippen LogP contribution in [0.5, 0.6) is 0 Å². The lowest BCUT2D eigenvalue weighted by atomic mass is 9.93. The van der Waals surface area contributed by atoms with Crippen LogP contribution < -0.4 is 5.32 Å². The van der Waals surface area contributed by atoms with Crippen LogP contribution in [0.25, 0.3) is 10.8 Å². The maximum Gasteiger partial charge on any atom is 0.296 e. The second-order valence-electron chi connectivity index (χ2n) is 6.06. The molecule has 6 heteroatoms. The molecule has 0 radical (unpaired) electrons. The Bertz CT molecular complexity index is 971. The highest BCUT2D eigenvalue weighted by atomic mass is 16.2. The van der Waals surface area contributed by atoms with Crippen LogP contribution in [0.1, 0.15) is 12.5 Å². The number of amides is 2. The average Bonchev–Trinajstić information content (AvgIpc) is 2.87. The molecule has 124 valence electrons. The molecule has 0 fully saturated rings. The number of carbonyl (C=O) groups is 2. The highest BCUT2D eigenvalue weighted by molar-refractivity contribution is 6.11. The van der Waals surface area contributed by atoms with Gasteiger partial charge >= 0.3 is 0 Å². The van der Waals surface area contributed by atoms with Crippen molar-refractivity contribution in [2.24, 2.45) is 9.98 Å². The number of hydrogen-bond acceptors (Lipinski definition) is 4. The summed E-state index contributed by atoms with van der Waals surface area (Å²) < 4.78 is 0. The summed E-state index contributed by atoms with van der Waals surface area (Å²) in [5.41, 5.74) is -0.334. The van der Waals surface area contributed by atoms with Crippen molar-refractivity contribution < 1.29 is 9.59 Å². The minimum Gasteiger partial charge on any atom is -0.325 e. The second-order valence-corrected chi connectivity index (χ2v) is 6.06. The molecule has 1 N–H and O–H groups in total. The Kier molecular flexibility index (Phi) is 3.46. The van der Waals surface area contributed by atoms with Gasteiger partial charge in [0.05, 0.1) is 0 Å². The first-order valence-corrected chi connectivity index (χ1v) is 7.99. The number of rotatable bonds is 3. The van der Waals surface area contributed by atoms with Crippen LogP contribution in [0, 0.1) is 0 Å². The molecule has 2 heterocycles. The molecule has 6 nitrogen and oxygen atoms in total. The normalized spacial score (nSPS) is 21.4. The van der Waals surface area contributed by atoms with E-state index in [1.807, 2.05) is 42.5 Å². The van der Waals surface area contributed by atoms with E-state index in [4.69, 9.17) is 0 Å². The number of carbonyl (C=O) groups excluding carboxylic acids is 2. The largest absolute Gasteiger partial charge is 0.325 e. The van der Waals surface area contributed by atoms with E-state index in [0.717, 1.165) is 16.3 Å². The number of nitrogens with zero attached hydrogens (tertiary/aromatic N) is 3. The molecule has 25 heavy (non-hydrogen) atoms. The van der Waals surface area contributed by atoms with Gasteiger partial charge in [-0.05, 0) is 22.4 Å². The van der Waals surface area contributed by atoms with Crippen molar-refractivity contribution in [2.45, 2.75) is 19.0 Å². The van der Waals surface area contributed by atoms with E-state index >= 15 is 0 Å². The number of aliphatic imine (C=N–C) groups is 2. The van der Waals surface area contributed by atoms with Crippen LogP contribution in [0.4, 0.5) is 0 Å². The van der Waals surface area contributed by atoms with Gasteiger partial charge in [-0.3, -0.25) is 14.5 Å². The van der Waals surface area contributed by atoms with Gasteiger partial charge in [-0.2, -0.15) is 4.99 Å². The van der Waals surface area contributed by atoms with Crippen molar-refractivity contribution in [1.82, 2.24) is 10.2 Å². The summed E-state index contributed by atoms with van der Waals surface area (Å²) in [4.78, 5) is 34.5. The molecule has 0 aliphatic carbocycles. The van der Waals surface area contributed by atoms with E-state index in [0.29, 0.717) is 12.4 Å². The quantitative estimate of drug-likeness (QED) is 0.934. The van der Waals surface area contributed by atoms with Gasteiger partial charge in [-0.1, -0.05) is 42.5 Å². The summed E-state index contributed by atoms with van der Waals surface area (Å²) in [5, 5.41) is 4.94. The maximum atomic E-state index is 12.8. The Balaban J connectivity index is 1.83. The molecule has 0 saturated carbocycles. The molecule has 0 saturated heterocycles. The van der Waals surface area contributed by atoms with Crippen molar-refractivity contribution in [3.8, 4) is 0 Å². The van der Waals surface area contributed by atoms with E-state index < -0.39 is 11.6 Å². The third kappa shape index (κ3) is 2.42. The van der Waals surface area contributed by atoms with Crippen LogP contribution >= 0.6 is 0 Å². The third-order valence-electron chi connectivity index (χ3n) is 4.40. The summed E-state index contributed by atoms with van der Waals surface area (Å²) in [6.45, 7) is 1.40. The molecular formula is C19H16N4O2. The molecule has 2 aromatic carbocycles. The summed E-state index contributed by atoms with van der Waals surface area (Å²) >= 11 is 0. The highest BCUT2D eigenvalue weighted by Gasteiger charge is 2.51. The molecule has 2 aliphatic heterocycles. The number of fused-ring (bicyclic) bond motifs is 2. The van der Waals surface area contributed by atoms with E-state index in [1.54, 1.807) is 23.4 Å². The fourth-order valence-electron chi connectivity index (χ4n) is 3.36. The standard InChI is InChI=1S/C19H16N4O2/c1-13(24)22-19(17(25)21-18-20-10-5-11-23(18)19)12-15-8-4-7-14-6-2-3-9-16(14)15/h2-11H,12H2,1H3,(H,22,24). The average molecular weight is 332 g/mol. The molecule has 0 aromatic heterocycles. The van der Waals surface area contributed by atoms with Gasteiger partial charge in [0.15, 0.2) is 0 Å². The zero-order chi connectivity index (χ0) is 17.4. The van der Waals surface area contributed by atoms with Crippen molar-refractivity contribution in [2.75, 3.05) is 0 Å². The smallest absolute Gasteiger partial charge is 0.296 e. The molecule has 0 spiro atoms. The Morgan fingerprint density at radius 1 is 1.20 bits per heavy atom. The van der Waals surface area contributed by atoms with Gasteiger partial charge in [-0.25, -0.2) is 4.99 Å². The van der Waals surface area contributed by atoms with Crippen LogP contribution in [-0.2, 0) is 16.0 Å². The fourth-order valence-corrected chi connectivity index (χ4v) is 3.36. The maximum absolute atomic E-state index is 12.8. The Morgan fingerprint density at radius 2 is 2.00 bits per heavy atom. The van der Waals surface area contributed by atoms with E-state index in [9.17, 15) is 9.59 Å². The zero-order valence-corrected chi connectivity index (χ0v) is 13.6. The summed E-state index contributed by atoms with van der Waals surface area (Å²) in [7, 11) is 0. The molecule has 1 atom stereocenters. The van der Waals surface area contributed by atoms with E-state index in [-0.39, 0.29) is 5.91 Å². The fraction of sp³-hybridized carbons (Fsp3) is 0.158. The number of hydrogen-bond donors (Lipinski definition) is 1. The second kappa shape index (κ2) is 5.66. The first-order chi connectivity index (χ1) is 12.1. The minimum absolute atomic E-state index is 0.291. The van der Waals surface area contributed by atoms with Gasteiger partial charge in [0.1, 0.15) is 0 Å². The van der Waals surface area contributed by atoms with Crippen LogP contribution in [-0.4, -0.2) is 34.6 Å². The Hall–Kier alpha value is -3.28. The number of benzene rings is 2. The van der Waals surface area contributed by atoms with Gasteiger partial charge in [0.2, 0.25) is 17.5 Å². The third-order valence-corrected chi connectivity index (χ3v) is 4.40. The molecular weight excluding hydrogens is 316 g/mol. The van der Waals surface area contributed by atoms with Crippen molar-refractivity contribution in [3.05, 3.63) is 60.3 Å². The first-order valence-electron chi connectivity index (χ1n) is 7.99. The van der Waals surface area contributed by atoms with Crippen molar-refractivity contribution in [3.63, 3.8) is 0 Å². The Labute approximate surface area is 144 Å². The predicted octanol–water partition coefficient (Wildman–Crippen LogP) is 2.01. The SMILES string of the molecule is CC(=O)NC1(Cc2cccc3ccccc23)C(=O)N=C2N=CC=CN21. The molecule has 0 bridgehead atoms. The first kappa shape index (κ1) is 15.3. The number of guanidine groups is 1. The molecule has 2 aliphatic rings. The van der Waals surface area contributed by atoms with Crippen LogP contribution in [0.2, 0.25) is 0 Å². The van der Waals surface area contributed by atoms with Crippen LogP contribution in [0.3, 0.4) is 0 Å². The summed E-state index contributed by atoms with van der Waals surface area (Å²) in [5.74, 6) is -0.427. The molecule has 1 unspecified atom stereocenters. The predicted molar refractivity (Wildman–Crippen MR) is 96.1 cm³/mol. The van der Waals surface area contributed by atoms with Gasteiger partial charge in [0.25, 0.3) is 5.91 Å². The van der Waals surface area contributed by atoms with E-state index in [2.05, 4.69) is 15.3 Å². The number of nitrogens with one attached hydrogen (secondary N) is 1. The minimum atomic E-state index is -1.29. The Morgan fingerprint density at radius 3 is 2.84 bits per heavy atom. The summed E-state index contributed by atoms with van der Waals surface area (Å²) in [6, 6.07) is 13.9. The van der Waals surface area contributed by atoms with Gasteiger partial charge < -0.3 is 5.32 Å². The summed E-state index contributed by atoms with van der Waals surface area (Å²) in [6.07, 6.45) is 5.30. The lowest BCUT2D eigenvalue weighted by Crippen LogP contribution is -2.62. The lowest BCUT2D eigenvalue weighted by molar-refractivity contribution is -0.133. The number of allylic oxidation sites excluding steroid dienone is 1. The zero-order valence-electron chi connectivity index (χ0n) is 13.6. The van der Waals surface area contributed by atoms with Crippen LogP contribution in [0.15, 0.2) is 64.7 Å². The van der Waals surface area contributed by atoms with Gasteiger partial charge in [-0.15, -0.1) is 0 Å². The topological polar surface area (TPSA) is 74.1 Å².